The molecule has 1 aliphatic heterocycles. The van der Waals surface area contributed by atoms with E-state index in [-0.39, 0.29) is 12.1 Å². The van der Waals surface area contributed by atoms with Crippen LogP contribution in [-0.2, 0) is 0 Å². The smallest absolute Gasteiger partial charge is 0.262 e. The minimum atomic E-state index is -0.289. The van der Waals surface area contributed by atoms with Crippen LogP contribution in [0.15, 0.2) is 72.8 Å². The highest BCUT2D eigenvalue weighted by Gasteiger charge is 2.34. The maximum atomic E-state index is 13.2. The van der Waals surface area contributed by atoms with Crippen molar-refractivity contribution < 1.29 is 4.79 Å². The SMILES string of the molecule is Cc1ccc(N2C(=O)c3ccccc3NC2c2ccccc2)cc1Cl. The zero-order valence-electron chi connectivity index (χ0n) is 13.7. The number of carbonyl (C=O) groups excluding carboxylic acids is 1. The van der Waals surface area contributed by atoms with E-state index in [4.69, 9.17) is 11.6 Å². The van der Waals surface area contributed by atoms with E-state index in [2.05, 4.69) is 5.32 Å². The van der Waals surface area contributed by atoms with Gasteiger partial charge >= 0.3 is 0 Å². The Morgan fingerprint density at radius 1 is 0.960 bits per heavy atom. The van der Waals surface area contributed by atoms with E-state index in [1.807, 2.05) is 79.7 Å². The summed E-state index contributed by atoms with van der Waals surface area (Å²) in [6.07, 6.45) is -0.289. The quantitative estimate of drug-likeness (QED) is 0.670. The molecule has 0 fully saturated rings. The number of aryl methyl sites for hydroxylation is 1. The van der Waals surface area contributed by atoms with Crippen LogP contribution in [0.1, 0.15) is 27.7 Å². The van der Waals surface area contributed by atoms with Gasteiger partial charge in [-0.25, -0.2) is 0 Å². The summed E-state index contributed by atoms with van der Waals surface area (Å²) in [5, 5.41) is 4.14. The van der Waals surface area contributed by atoms with Gasteiger partial charge in [0.2, 0.25) is 0 Å². The largest absolute Gasteiger partial charge is 0.360 e. The fourth-order valence-electron chi connectivity index (χ4n) is 3.12. The second kappa shape index (κ2) is 6.26. The molecule has 1 unspecified atom stereocenters. The third kappa shape index (κ3) is 2.77. The van der Waals surface area contributed by atoms with Crippen LogP contribution in [0.3, 0.4) is 0 Å². The molecule has 1 N–H and O–H groups in total. The van der Waals surface area contributed by atoms with Crippen LogP contribution in [0.2, 0.25) is 5.02 Å². The number of nitrogens with zero attached hydrogens (tertiary/aromatic N) is 1. The maximum Gasteiger partial charge on any atom is 0.262 e. The lowest BCUT2D eigenvalue weighted by Gasteiger charge is -2.38. The number of nitrogens with one attached hydrogen (secondary N) is 1. The molecular weight excluding hydrogens is 332 g/mol. The number of halogens is 1. The molecule has 0 aromatic heterocycles. The molecular formula is C21H17ClN2O. The highest BCUT2D eigenvalue weighted by Crippen LogP contribution is 2.37. The van der Waals surface area contributed by atoms with Crippen molar-refractivity contribution >= 4 is 28.9 Å². The Morgan fingerprint density at radius 2 is 1.68 bits per heavy atom. The van der Waals surface area contributed by atoms with Crippen molar-refractivity contribution in [3.05, 3.63) is 94.5 Å². The van der Waals surface area contributed by atoms with Crippen molar-refractivity contribution in [2.24, 2.45) is 0 Å². The first-order valence-electron chi connectivity index (χ1n) is 8.15. The van der Waals surface area contributed by atoms with Gasteiger partial charge in [0.25, 0.3) is 5.91 Å². The Hall–Kier alpha value is -2.78. The number of benzene rings is 3. The minimum Gasteiger partial charge on any atom is -0.360 e. The Kier molecular flexibility index (Phi) is 3.94. The zero-order valence-corrected chi connectivity index (χ0v) is 14.5. The molecule has 0 saturated carbocycles. The van der Waals surface area contributed by atoms with Crippen molar-refractivity contribution in [2.45, 2.75) is 13.1 Å². The van der Waals surface area contributed by atoms with Crippen LogP contribution < -0.4 is 10.2 Å². The highest BCUT2D eigenvalue weighted by atomic mass is 35.5. The second-order valence-electron chi connectivity index (χ2n) is 6.11. The predicted molar refractivity (Wildman–Crippen MR) is 102 cm³/mol. The van der Waals surface area contributed by atoms with E-state index in [1.165, 1.54) is 0 Å². The second-order valence-corrected chi connectivity index (χ2v) is 6.52. The van der Waals surface area contributed by atoms with E-state index in [0.717, 1.165) is 22.5 Å². The van der Waals surface area contributed by atoms with Gasteiger partial charge in [0.1, 0.15) is 6.17 Å². The predicted octanol–water partition coefficient (Wildman–Crippen LogP) is 5.42. The summed E-state index contributed by atoms with van der Waals surface area (Å²) in [4.78, 5) is 15.0. The van der Waals surface area contributed by atoms with Gasteiger partial charge in [0, 0.05) is 16.4 Å². The normalized spacial score (nSPS) is 16.3. The fraction of sp³-hybridized carbons (Fsp3) is 0.0952. The molecule has 4 rings (SSSR count). The first kappa shape index (κ1) is 15.7. The Morgan fingerprint density at radius 3 is 2.44 bits per heavy atom. The maximum absolute atomic E-state index is 13.2. The highest BCUT2D eigenvalue weighted by molar-refractivity contribution is 6.31. The van der Waals surface area contributed by atoms with Gasteiger partial charge in [-0.05, 0) is 42.3 Å². The summed E-state index contributed by atoms with van der Waals surface area (Å²) in [6, 6.07) is 23.3. The molecule has 3 nitrogen and oxygen atoms in total. The Balaban J connectivity index is 1.88. The average molecular weight is 349 g/mol. The van der Waals surface area contributed by atoms with Crippen molar-refractivity contribution in [1.82, 2.24) is 0 Å². The van der Waals surface area contributed by atoms with Gasteiger partial charge in [-0.15, -0.1) is 0 Å². The summed E-state index contributed by atoms with van der Waals surface area (Å²) < 4.78 is 0. The number of hydrogen-bond donors (Lipinski definition) is 1. The van der Waals surface area contributed by atoms with Gasteiger partial charge < -0.3 is 5.32 Å². The number of hydrogen-bond acceptors (Lipinski definition) is 2. The molecule has 1 aliphatic rings. The molecule has 0 spiro atoms. The lowest BCUT2D eigenvalue weighted by Crippen LogP contribution is -2.43. The molecule has 3 aromatic rings. The van der Waals surface area contributed by atoms with Gasteiger partial charge in [-0.1, -0.05) is 60.1 Å². The third-order valence-electron chi connectivity index (χ3n) is 4.48. The number of amides is 1. The standard InChI is InChI=1S/C21H17ClN2O/c1-14-11-12-16(13-18(14)22)24-20(15-7-3-2-4-8-15)23-19-10-6-5-9-17(19)21(24)25/h2-13,20,23H,1H3. The number of rotatable bonds is 2. The van der Waals surface area contributed by atoms with Gasteiger partial charge in [0.05, 0.1) is 5.56 Å². The Bertz CT molecular complexity index is 940. The summed E-state index contributed by atoms with van der Waals surface area (Å²) in [6.45, 7) is 1.95. The monoisotopic (exact) mass is 348 g/mol. The molecule has 0 aliphatic carbocycles. The molecule has 124 valence electrons. The van der Waals surface area contributed by atoms with Crippen molar-refractivity contribution in [2.75, 3.05) is 10.2 Å². The van der Waals surface area contributed by atoms with Crippen molar-refractivity contribution in [1.29, 1.82) is 0 Å². The Labute approximate surface area is 151 Å². The first-order valence-corrected chi connectivity index (χ1v) is 8.53. The molecule has 3 aromatic carbocycles. The summed E-state index contributed by atoms with van der Waals surface area (Å²) in [5.41, 5.74) is 4.28. The lowest BCUT2D eigenvalue weighted by molar-refractivity contribution is 0.0975. The number of para-hydroxylation sites is 1. The van der Waals surface area contributed by atoms with Crippen LogP contribution in [0, 0.1) is 6.92 Å². The van der Waals surface area contributed by atoms with E-state index in [0.29, 0.717) is 10.6 Å². The topological polar surface area (TPSA) is 32.3 Å². The molecule has 1 heterocycles. The van der Waals surface area contributed by atoms with Crippen molar-refractivity contribution in [3.8, 4) is 0 Å². The number of fused-ring (bicyclic) bond motifs is 1. The van der Waals surface area contributed by atoms with E-state index < -0.39 is 0 Å². The number of anilines is 2. The number of carbonyl (C=O) groups is 1. The van der Waals surface area contributed by atoms with E-state index in [1.54, 1.807) is 4.90 Å². The molecule has 1 atom stereocenters. The zero-order chi connectivity index (χ0) is 17.4. The molecule has 0 bridgehead atoms. The summed E-state index contributed by atoms with van der Waals surface area (Å²) in [5.74, 6) is -0.0388. The van der Waals surface area contributed by atoms with Crippen LogP contribution >= 0.6 is 11.6 Å². The van der Waals surface area contributed by atoms with Gasteiger partial charge in [-0.2, -0.15) is 0 Å². The van der Waals surface area contributed by atoms with Crippen LogP contribution in [0.4, 0.5) is 11.4 Å². The van der Waals surface area contributed by atoms with Crippen LogP contribution in [-0.4, -0.2) is 5.91 Å². The fourth-order valence-corrected chi connectivity index (χ4v) is 3.29. The van der Waals surface area contributed by atoms with Crippen molar-refractivity contribution in [3.63, 3.8) is 0 Å². The summed E-state index contributed by atoms with van der Waals surface area (Å²) in [7, 11) is 0. The molecule has 1 amide bonds. The average Bonchev–Trinajstić information content (AvgIpc) is 2.65. The summed E-state index contributed by atoms with van der Waals surface area (Å²) >= 11 is 6.32. The minimum absolute atomic E-state index is 0.0388. The van der Waals surface area contributed by atoms with E-state index >= 15 is 0 Å². The molecule has 4 heteroatoms. The van der Waals surface area contributed by atoms with Crippen LogP contribution in [0.25, 0.3) is 0 Å². The lowest BCUT2D eigenvalue weighted by atomic mass is 10.0. The van der Waals surface area contributed by atoms with E-state index in [9.17, 15) is 4.79 Å². The molecule has 0 saturated heterocycles. The third-order valence-corrected chi connectivity index (χ3v) is 4.88. The molecule has 25 heavy (non-hydrogen) atoms. The van der Waals surface area contributed by atoms with Gasteiger partial charge in [-0.3, -0.25) is 9.69 Å². The van der Waals surface area contributed by atoms with Crippen LogP contribution in [0.5, 0.6) is 0 Å². The first-order chi connectivity index (χ1) is 12.1. The molecule has 0 radical (unpaired) electrons. The van der Waals surface area contributed by atoms with Gasteiger partial charge in [0.15, 0.2) is 0 Å².